The number of alkyl halides is 1. The molecule has 0 bridgehead atoms. The van der Waals surface area contributed by atoms with E-state index in [4.69, 9.17) is 32.7 Å². The summed E-state index contributed by atoms with van der Waals surface area (Å²) in [5.41, 5.74) is 2.01. The highest BCUT2D eigenvalue weighted by atomic mass is 35.5. The second kappa shape index (κ2) is 9.82. The lowest BCUT2D eigenvalue weighted by Gasteiger charge is -2.14. The van der Waals surface area contributed by atoms with Gasteiger partial charge in [-0.15, -0.1) is 11.6 Å². The molecule has 3 aromatic rings. The minimum atomic E-state index is -3.15. The van der Waals surface area contributed by atoms with E-state index < -0.39 is 10.0 Å². The summed E-state index contributed by atoms with van der Waals surface area (Å²) in [5, 5.41) is 10.8. The van der Waals surface area contributed by atoms with Crippen LogP contribution in [0.1, 0.15) is 12.0 Å². The van der Waals surface area contributed by atoms with Crippen LogP contribution in [0, 0.1) is 17.2 Å². The third-order valence-corrected chi connectivity index (χ3v) is 7.32. The molecule has 2 aromatic carbocycles. The molecule has 1 aromatic heterocycles. The summed E-state index contributed by atoms with van der Waals surface area (Å²) < 4.78 is 38.3. The summed E-state index contributed by atoms with van der Waals surface area (Å²) >= 11 is 12.1. The van der Waals surface area contributed by atoms with Crippen LogP contribution in [0.15, 0.2) is 42.6 Å². The van der Waals surface area contributed by atoms with E-state index in [1.54, 1.807) is 12.1 Å². The Hall–Kier alpha value is -2.44. The zero-order valence-electron chi connectivity index (χ0n) is 18.0. The Morgan fingerprint density at radius 3 is 2.73 bits per heavy atom. The van der Waals surface area contributed by atoms with Crippen molar-refractivity contribution in [3.63, 3.8) is 0 Å². The van der Waals surface area contributed by atoms with Crippen LogP contribution >= 0.6 is 23.2 Å². The molecule has 1 fully saturated rings. The van der Waals surface area contributed by atoms with Crippen molar-refractivity contribution in [3.8, 4) is 23.3 Å². The first-order chi connectivity index (χ1) is 15.8. The molecule has 7 nitrogen and oxygen atoms in total. The first-order valence-electron chi connectivity index (χ1n) is 10.4. The highest BCUT2D eigenvalue weighted by Crippen LogP contribution is 2.33. The van der Waals surface area contributed by atoms with Crippen LogP contribution < -0.4 is 9.47 Å². The average molecular weight is 508 g/mol. The van der Waals surface area contributed by atoms with E-state index in [1.807, 2.05) is 35.0 Å². The molecule has 1 saturated heterocycles. The number of benzene rings is 2. The molecule has 33 heavy (non-hydrogen) atoms. The molecule has 174 valence electrons. The van der Waals surface area contributed by atoms with Crippen molar-refractivity contribution in [1.82, 2.24) is 8.87 Å². The van der Waals surface area contributed by atoms with E-state index in [9.17, 15) is 13.7 Å². The van der Waals surface area contributed by atoms with Crippen molar-refractivity contribution in [3.05, 3.63) is 53.2 Å². The molecule has 0 saturated carbocycles. The molecular formula is C23H23Cl2N3O4S. The largest absolute Gasteiger partial charge is 0.493 e. The minimum absolute atomic E-state index is 0.172. The number of sulfonamides is 1. The minimum Gasteiger partial charge on any atom is -0.493 e. The Morgan fingerprint density at radius 2 is 2.03 bits per heavy atom. The molecule has 0 aliphatic carbocycles. The number of hydrogen-bond donors (Lipinski definition) is 0. The number of nitriles is 1. The number of fused-ring (bicyclic) bond motifs is 1. The van der Waals surface area contributed by atoms with E-state index in [-0.39, 0.29) is 12.5 Å². The lowest BCUT2D eigenvalue weighted by atomic mass is 10.1. The molecule has 0 spiro atoms. The maximum Gasteiger partial charge on any atom is 0.211 e. The fourth-order valence-electron chi connectivity index (χ4n) is 3.97. The summed E-state index contributed by atoms with van der Waals surface area (Å²) in [5.74, 6) is 1.52. The maximum absolute atomic E-state index is 11.7. The topological polar surface area (TPSA) is 84.6 Å². The number of halogens is 2. The van der Waals surface area contributed by atoms with Gasteiger partial charge in [0, 0.05) is 36.3 Å². The molecule has 2 heterocycles. The van der Waals surface area contributed by atoms with E-state index in [0.29, 0.717) is 41.9 Å². The van der Waals surface area contributed by atoms with Gasteiger partial charge in [-0.25, -0.2) is 12.7 Å². The lowest BCUT2D eigenvalue weighted by molar-refractivity contribution is 0.255. The summed E-state index contributed by atoms with van der Waals surface area (Å²) in [6.45, 7) is 1.75. The smallest absolute Gasteiger partial charge is 0.211 e. The quantitative estimate of drug-likeness (QED) is 0.421. The second-order valence-electron chi connectivity index (χ2n) is 7.95. The predicted octanol–water partition coefficient (Wildman–Crippen LogP) is 4.43. The summed E-state index contributed by atoms with van der Waals surface area (Å²) in [6, 6.07) is 13.3. The average Bonchev–Trinajstić information content (AvgIpc) is 3.43. The monoisotopic (exact) mass is 507 g/mol. The van der Waals surface area contributed by atoms with Gasteiger partial charge >= 0.3 is 0 Å². The van der Waals surface area contributed by atoms with Gasteiger partial charge in [0.05, 0.1) is 34.8 Å². The van der Waals surface area contributed by atoms with E-state index in [2.05, 4.69) is 6.07 Å². The standard InChI is InChI=1S/C23H23Cl2N3O4S/c1-33(29,30)27-7-4-16(14-27)15-32-20-2-3-22-17(11-20)5-8-28(22)19-10-18(13-26)23(21(25)12-19)31-9-6-24/h2-3,5,8,10-12,16H,4,6-7,9,14-15H2,1H3. The zero-order chi connectivity index (χ0) is 23.6. The predicted molar refractivity (Wildman–Crippen MR) is 129 cm³/mol. The van der Waals surface area contributed by atoms with Crippen LogP contribution in [0.2, 0.25) is 5.02 Å². The van der Waals surface area contributed by atoms with Gasteiger partial charge in [0.2, 0.25) is 10.0 Å². The third kappa shape index (κ3) is 5.22. The van der Waals surface area contributed by atoms with Crippen LogP contribution in [0.25, 0.3) is 16.6 Å². The van der Waals surface area contributed by atoms with Crippen LogP contribution in [-0.2, 0) is 10.0 Å². The lowest BCUT2D eigenvalue weighted by Crippen LogP contribution is -2.28. The molecule has 0 N–H and O–H groups in total. The van der Waals surface area contributed by atoms with Crippen molar-refractivity contribution in [2.45, 2.75) is 6.42 Å². The second-order valence-corrected chi connectivity index (χ2v) is 10.7. The molecule has 1 unspecified atom stereocenters. The fraction of sp³-hybridized carbons (Fsp3) is 0.348. The Bertz CT molecular complexity index is 1320. The molecule has 1 atom stereocenters. The molecule has 4 rings (SSSR count). The van der Waals surface area contributed by atoms with Crippen LogP contribution in [0.5, 0.6) is 11.5 Å². The number of ether oxygens (including phenoxy) is 2. The van der Waals surface area contributed by atoms with Gasteiger partial charge in [-0.2, -0.15) is 5.26 Å². The molecule has 0 radical (unpaired) electrons. The highest BCUT2D eigenvalue weighted by molar-refractivity contribution is 7.88. The maximum atomic E-state index is 11.7. The van der Waals surface area contributed by atoms with E-state index in [0.717, 1.165) is 28.8 Å². The number of nitrogens with zero attached hydrogens (tertiary/aromatic N) is 3. The molecule has 1 aliphatic rings. The van der Waals surface area contributed by atoms with E-state index >= 15 is 0 Å². The van der Waals surface area contributed by atoms with Crippen LogP contribution in [-0.4, -0.2) is 55.7 Å². The Balaban J connectivity index is 1.52. The van der Waals surface area contributed by atoms with Crippen LogP contribution in [0.4, 0.5) is 0 Å². The molecule has 0 amide bonds. The van der Waals surface area contributed by atoms with Crippen molar-refractivity contribution in [1.29, 1.82) is 5.26 Å². The third-order valence-electron chi connectivity index (χ3n) is 5.62. The van der Waals surface area contributed by atoms with Crippen molar-refractivity contribution < 1.29 is 17.9 Å². The zero-order valence-corrected chi connectivity index (χ0v) is 20.3. The summed E-state index contributed by atoms with van der Waals surface area (Å²) in [7, 11) is -3.15. The first-order valence-corrected chi connectivity index (χ1v) is 13.2. The normalized spacial score (nSPS) is 16.7. The number of rotatable bonds is 8. The number of hydrogen-bond acceptors (Lipinski definition) is 5. The van der Waals surface area contributed by atoms with Gasteiger partial charge in [-0.05, 0) is 42.8 Å². The highest BCUT2D eigenvalue weighted by Gasteiger charge is 2.28. The van der Waals surface area contributed by atoms with Crippen molar-refractivity contribution >= 4 is 44.1 Å². The SMILES string of the molecule is CS(=O)(=O)N1CCC(COc2ccc3c(ccn3-c3cc(Cl)c(OCCCl)c(C#N)c3)c2)C1. The number of aromatic nitrogens is 1. The van der Waals surface area contributed by atoms with Crippen molar-refractivity contribution in [2.75, 3.05) is 38.4 Å². The fourth-order valence-corrected chi connectivity index (χ4v) is 5.24. The van der Waals surface area contributed by atoms with Gasteiger partial charge in [0.1, 0.15) is 18.4 Å². The van der Waals surface area contributed by atoms with Gasteiger partial charge < -0.3 is 14.0 Å². The van der Waals surface area contributed by atoms with Gasteiger partial charge in [0.15, 0.2) is 5.75 Å². The van der Waals surface area contributed by atoms with Gasteiger partial charge in [0.25, 0.3) is 0 Å². The Kier molecular flexibility index (Phi) is 7.05. The molecule has 1 aliphatic heterocycles. The van der Waals surface area contributed by atoms with Gasteiger partial charge in [-0.1, -0.05) is 11.6 Å². The van der Waals surface area contributed by atoms with Gasteiger partial charge in [-0.3, -0.25) is 0 Å². The van der Waals surface area contributed by atoms with Crippen molar-refractivity contribution in [2.24, 2.45) is 5.92 Å². The van der Waals surface area contributed by atoms with Crippen LogP contribution in [0.3, 0.4) is 0 Å². The Labute approximate surface area is 203 Å². The summed E-state index contributed by atoms with van der Waals surface area (Å²) in [4.78, 5) is 0. The molecule has 10 heteroatoms. The Morgan fingerprint density at radius 1 is 1.21 bits per heavy atom. The molecular weight excluding hydrogens is 485 g/mol. The first kappa shape index (κ1) is 23.7. The van der Waals surface area contributed by atoms with E-state index in [1.165, 1.54) is 10.6 Å². The summed E-state index contributed by atoms with van der Waals surface area (Å²) in [6.07, 6.45) is 3.93.